The van der Waals surface area contributed by atoms with Gasteiger partial charge in [0.25, 0.3) is 0 Å². The maximum atomic E-state index is 9.62. The first-order valence-electron chi connectivity index (χ1n) is 6.87. The summed E-state index contributed by atoms with van der Waals surface area (Å²) in [4.78, 5) is 2.54. The van der Waals surface area contributed by atoms with Crippen molar-refractivity contribution < 1.29 is 10.2 Å². The predicted octanol–water partition coefficient (Wildman–Crippen LogP) is 0.667. The largest absolute Gasteiger partial charge is 0.393 e. The van der Waals surface area contributed by atoms with E-state index < -0.39 is 6.10 Å². The molecule has 2 N–H and O–H groups in total. The van der Waals surface area contributed by atoms with E-state index in [4.69, 9.17) is 5.11 Å². The lowest BCUT2D eigenvalue weighted by atomic mass is 10.1. The Balaban J connectivity index is 1.73. The Morgan fingerprint density at radius 2 is 2.11 bits per heavy atom. The Morgan fingerprint density at radius 3 is 2.83 bits per heavy atom. The third-order valence-electron chi connectivity index (χ3n) is 4.20. The lowest BCUT2D eigenvalue weighted by Gasteiger charge is -2.32. The van der Waals surface area contributed by atoms with E-state index in [0.29, 0.717) is 5.69 Å². The second kappa shape index (κ2) is 4.99. The highest BCUT2D eigenvalue weighted by atomic mass is 16.3. The summed E-state index contributed by atoms with van der Waals surface area (Å²) in [7, 11) is 0. The number of aliphatic hydroxyl groups excluding tert-OH is 2. The molecular formula is C13H21N3O2. The van der Waals surface area contributed by atoms with Gasteiger partial charge in [-0.15, -0.1) is 0 Å². The molecule has 3 rings (SSSR count). The van der Waals surface area contributed by atoms with Gasteiger partial charge in [-0.1, -0.05) is 12.8 Å². The molecular weight excluding hydrogens is 230 g/mol. The molecule has 1 fully saturated rings. The number of fused-ring (bicyclic) bond motifs is 1. The van der Waals surface area contributed by atoms with Crippen molar-refractivity contribution >= 4 is 0 Å². The van der Waals surface area contributed by atoms with Crippen LogP contribution in [0.1, 0.15) is 43.2 Å². The molecule has 0 radical (unpaired) electrons. The lowest BCUT2D eigenvalue weighted by Crippen LogP contribution is -2.39. The van der Waals surface area contributed by atoms with E-state index in [1.165, 1.54) is 25.7 Å². The van der Waals surface area contributed by atoms with Crippen molar-refractivity contribution in [3.63, 3.8) is 0 Å². The van der Waals surface area contributed by atoms with Crippen LogP contribution in [0.25, 0.3) is 0 Å². The minimum absolute atomic E-state index is 0.261. The molecule has 5 nitrogen and oxygen atoms in total. The zero-order valence-electron chi connectivity index (χ0n) is 10.6. The zero-order chi connectivity index (χ0) is 12.5. The summed E-state index contributed by atoms with van der Waals surface area (Å²) in [6.07, 6.45) is 4.51. The quantitative estimate of drug-likeness (QED) is 0.829. The van der Waals surface area contributed by atoms with Crippen molar-refractivity contribution in [1.82, 2.24) is 14.7 Å². The van der Waals surface area contributed by atoms with Crippen LogP contribution in [0.4, 0.5) is 0 Å². The van der Waals surface area contributed by atoms with Crippen LogP contribution in [-0.2, 0) is 13.1 Å². The molecule has 0 amide bonds. The van der Waals surface area contributed by atoms with Gasteiger partial charge in [-0.05, 0) is 18.9 Å². The normalized spacial score (nSPS) is 23.2. The summed E-state index contributed by atoms with van der Waals surface area (Å²) in [5.41, 5.74) is 1.76. The fraction of sp³-hybridized carbons (Fsp3) is 0.769. The van der Waals surface area contributed by atoms with Crippen molar-refractivity contribution in [3.05, 3.63) is 17.5 Å². The van der Waals surface area contributed by atoms with Gasteiger partial charge in [0.15, 0.2) is 0 Å². The van der Waals surface area contributed by atoms with Gasteiger partial charge >= 0.3 is 0 Å². The van der Waals surface area contributed by atoms with Crippen molar-refractivity contribution in [2.75, 3.05) is 13.2 Å². The van der Waals surface area contributed by atoms with E-state index in [2.05, 4.69) is 10.00 Å². The van der Waals surface area contributed by atoms with Crippen LogP contribution in [0.15, 0.2) is 6.07 Å². The first kappa shape index (κ1) is 12.1. The second-order valence-electron chi connectivity index (χ2n) is 5.39. The molecule has 0 saturated heterocycles. The highest BCUT2D eigenvalue weighted by Gasteiger charge is 2.27. The number of rotatable bonds is 3. The van der Waals surface area contributed by atoms with Crippen LogP contribution >= 0.6 is 0 Å². The second-order valence-corrected chi connectivity index (χ2v) is 5.39. The van der Waals surface area contributed by atoms with Gasteiger partial charge in [0, 0.05) is 19.1 Å². The van der Waals surface area contributed by atoms with Crippen LogP contribution < -0.4 is 0 Å². The lowest BCUT2D eigenvalue weighted by molar-refractivity contribution is 0.0913. The van der Waals surface area contributed by atoms with E-state index >= 15 is 0 Å². The zero-order valence-corrected chi connectivity index (χ0v) is 10.6. The molecule has 1 atom stereocenters. The van der Waals surface area contributed by atoms with Gasteiger partial charge in [0.05, 0.1) is 24.5 Å². The van der Waals surface area contributed by atoms with E-state index in [9.17, 15) is 5.11 Å². The summed E-state index contributed by atoms with van der Waals surface area (Å²) >= 11 is 0. The molecule has 100 valence electrons. The van der Waals surface area contributed by atoms with E-state index in [0.717, 1.165) is 31.4 Å². The molecule has 0 spiro atoms. The fourth-order valence-electron chi connectivity index (χ4n) is 3.15. The molecule has 18 heavy (non-hydrogen) atoms. The number of hydrogen-bond acceptors (Lipinski definition) is 4. The molecule has 2 heterocycles. The molecule has 1 aliphatic heterocycles. The highest BCUT2D eigenvalue weighted by molar-refractivity contribution is 5.14. The molecule has 1 aromatic rings. The maximum Gasteiger partial charge on any atom is 0.121 e. The molecule has 0 bridgehead atoms. The molecule has 1 aliphatic carbocycles. The molecule has 1 saturated carbocycles. The van der Waals surface area contributed by atoms with Crippen LogP contribution in [0.5, 0.6) is 0 Å². The third-order valence-corrected chi connectivity index (χ3v) is 4.20. The average molecular weight is 251 g/mol. The summed E-state index contributed by atoms with van der Waals surface area (Å²) in [6.45, 7) is 2.61. The van der Waals surface area contributed by atoms with Crippen LogP contribution in [0.2, 0.25) is 0 Å². The number of aliphatic hydroxyl groups is 2. The van der Waals surface area contributed by atoms with Crippen molar-refractivity contribution in [1.29, 1.82) is 0 Å². The monoisotopic (exact) mass is 251 g/mol. The van der Waals surface area contributed by atoms with E-state index in [1.807, 2.05) is 10.7 Å². The third kappa shape index (κ3) is 2.18. The Labute approximate surface area is 107 Å². The van der Waals surface area contributed by atoms with Crippen molar-refractivity contribution in [3.8, 4) is 0 Å². The summed E-state index contributed by atoms with van der Waals surface area (Å²) < 4.78 is 1.97. The van der Waals surface area contributed by atoms with Crippen LogP contribution in [0, 0.1) is 0 Å². The predicted molar refractivity (Wildman–Crippen MR) is 66.9 cm³/mol. The first-order chi connectivity index (χ1) is 8.78. The van der Waals surface area contributed by atoms with Crippen molar-refractivity contribution in [2.45, 2.75) is 50.9 Å². The van der Waals surface area contributed by atoms with Gasteiger partial charge in [-0.2, -0.15) is 5.10 Å². The highest BCUT2D eigenvalue weighted by Crippen LogP contribution is 2.27. The minimum atomic E-state index is -0.844. The molecule has 1 aromatic heterocycles. The molecule has 1 unspecified atom stereocenters. The fourth-order valence-corrected chi connectivity index (χ4v) is 3.15. The first-order valence-corrected chi connectivity index (χ1v) is 6.87. The maximum absolute atomic E-state index is 9.62. The van der Waals surface area contributed by atoms with Gasteiger partial charge in [0.2, 0.25) is 0 Å². The number of hydrogen-bond donors (Lipinski definition) is 2. The Hall–Kier alpha value is -0.910. The average Bonchev–Trinajstić information content (AvgIpc) is 3.05. The standard InChI is InChI=1S/C13H21N3O2/c17-9-13(18)12-7-11-8-15(5-6-16(11)14-12)10-3-1-2-4-10/h7,10,13,17-18H,1-6,8-9H2. The minimum Gasteiger partial charge on any atom is -0.393 e. The topological polar surface area (TPSA) is 61.5 Å². The SMILES string of the molecule is OCC(O)c1cc2n(n1)CCN(C1CCCC1)C2. The Kier molecular flexibility index (Phi) is 3.37. The van der Waals surface area contributed by atoms with Crippen LogP contribution in [0.3, 0.4) is 0 Å². The van der Waals surface area contributed by atoms with Crippen molar-refractivity contribution in [2.24, 2.45) is 0 Å². The summed E-state index contributed by atoms with van der Waals surface area (Å²) in [5, 5.41) is 22.9. The number of aromatic nitrogens is 2. The van der Waals surface area contributed by atoms with Gasteiger partial charge in [0.1, 0.15) is 6.10 Å². The van der Waals surface area contributed by atoms with Gasteiger partial charge in [-0.25, -0.2) is 0 Å². The molecule has 0 aromatic carbocycles. The van der Waals surface area contributed by atoms with Gasteiger partial charge in [-0.3, -0.25) is 9.58 Å². The van der Waals surface area contributed by atoms with E-state index in [-0.39, 0.29) is 6.61 Å². The van der Waals surface area contributed by atoms with Crippen LogP contribution in [-0.4, -0.2) is 44.1 Å². The molecule has 2 aliphatic rings. The Morgan fingerprint density at radius 1 is 1.33 bits per heavy atom. The Bertz CT molecular complexity index is 412. The van der Waals surface area contributed by atoms with Gasteiger partial charge < -0.3 is 10.2 Å². The smallest absolute Gasteiger partial charge is 0.121 e. The molecule has 5 heteroatoms. The summed E-state index contributed by atoms with van der Waals surface area (Å²) in [5.74, 6) is 0. The summed E-state index contributed by atoms with van der Waals surface area (Å²) in [6, 6.07) is 2.67. The van der Waals surface area contributed by atoms with E-state index in [1.54, 1.807) is 0 Å². The number of nitrogens with zero attached hydrogens (tertiary/aromatic N) is 3.